The van der Waals surface area contributed by atoms with Gasteiger partial charge in [-0.15, -0.1) is 0 Å². The van der Waals surface area contributed by atoms with Gasteiger partial charge in [0.05, 0.1) is 11.9 Å². The van der Waals surface area contributed by atoms with Crippen LogP contribution in [0.4, 0.5) is 26.0 Å². The molecule has 10 rings (SSSR count). The third-order valence-corrected chi connectivity index (χ3v) is 13.8. The average Bonchev–Trinajstić information content (AvgIpc) is 3.64. The third kappa shape index (κ3) is 8.94. The first-order valence-electron chi connectivity index (χ1n) is 22.9. The van der Waals surface area contributed by atoms with Crippen LogP contribution in [0.25, 0.3) is 11.0 Å². The Bertz CT molecular complexity index is 2600. The van der Waals surface area contributed by atoms with Crippen LogP contribution in [0.2, 0.25) is 0 Å². The summed E-state index contributed by atoms with van der Waals surface area (Å²) in [4.78, 5) is 82.9. The van der Waals surface area contributed by atoms with Gasteiger partial charge in [-0.3, -0.25) is 38.8 Å². The largest absolute Gasteiger partial charge is 0.376 e. The fraction of sp³-hybridized carbons (Fsp3) is 0.479. The molecule has 0 spiro atoms. The number of piperidine rings is 2. The van der Waals surface area contributed by atoms with Crippen LogP contribution in [0.3, 0.4) is 0 Å². The van der Waals surface area contributed by atoms with Crippen molar-refractivity contribution in [3.05, 3.63) is 99.1 Å². The van der Waals surface area contributed by atoms with E-state index in [1.165, 1.54) is 11.0 Å². The molecule has 1 unspecified atom stereocenters. The van der Waals surface area contributed by atoms with Crippen molar-refractivity contribution in [2.75, 3.05) is 67.9 Å². The SMILES string of the molecule is Cc1nc2c3cc(N4CCN(C(=O)CNc5cccc6c5CN(C5CCC(=O)NC5=O)C6=O)CC4)c(=O)n(c3n1)CCCC/C=C\CN1CCC(CC1)C(F)(F)c1cccc(c1)[C@@H](C)N2. The molecule has 2 aromatic heterocycles. The van der Waals surface area contributed by atoms with Gasteiger partial charge in [0.1, 0.15) is 29.0 Å². The minimum absolute atomic E-state index is 0.0135. The second-order valence-corrected chi connectivity index (χ2v) is 18.0. The number of imide groups is 1. The van der Waals surface area contributed by atoms with Gasteiger partial charge in [-0.2, -0.15) is 0 Å². The molecule has 6 aliphatic heterocycles. The van der Waals surface area contributed by atoms with E-state index >= 15 is 8.78 Å². The number of nitrogens with one attached hydrogen (secondary N) is 3. The molecule has 8 heterocycles. The maximum Gasteiger partial charge on any atom is 0.276 e. The number of nitrogens with zero attached hydrogens (tertiary/aromatic N) is 7. The molecule has 65 heavy (non-hydrogen) atoms. The summed E-state index contributed by atoms with van der Waals surface area (Å²) < 4.78 is 34.0. The van der Waals surface area contributed by atoms with E-state index in [0.717, 1.165) is 25.8 Å². The van der Waals surface area contributed by atoms with E-state index in [1.807, 2.05) is 24.0 Å². The normalized spacial score (nSPS) is 24.3. The van der Waals surface area contributed by atoms with Crippen molar-refractivity contribution in [3.8, 4) is 0 Å². The smallest absolute Gasteiger partial charge is 0.276 e. The monoisotopic (exact) mass is 890 g/mol. The molecule has 2 atom stereocenters. The number of aromatic nitrogens is 3. The predicted molar refractivity (Wildman–Crippen MR) is 243 cm³/mol. The molecule has 4 amide bonds. The van der Waals surface area contributed by atoms with Gasteiger partial charge in [-0.05, 0) is 95.3 Å². The first-order valence-corrected chi connectivity index (χ1v) is 22.9. The quantitative estimate of drug-likeness (QED) is 0.175. The van der Waals surface area contributed by atoms with Gasteiger partial charge in [-0.1, -0.05) is 36.4 Å². The van der Waals surface area contributed by atoms with Gasteiger partial charge in [0, 0.05) is 86.6 Å². The number of pyridine rings is 1. The van der Waals surface area contributed by atoms with Gasteiger partial charge < -0.3 is 25.3 Å². The van der Waals surface area contributed by atoms with Crippen molar-refractivity contribution in [2.24, 2.45) is 5.92 Å². The summed E-state index contributed by atoms with van der Waals surface area (Å²) in [6.07, 6.45) is 7.96. The van der Waals surface area contributed by atoms with Crippen LogP contribution in [0.5, 0.6) is 0 Å². The third-order valence-electron chi connectivity index (χ3n) is 13.8. The van der Waals surface area contributed by atoms with Crippen molar-refractivity contribution >= 4 is 51.9 Å². The molecule has 3 N–H and O–H groups in total. The first-order chi connectivity index (χ1) is 31.3. The van der Waals surface area contributed by atoms with Crippen LogP contribution in [0.15, 0.2) is 65.5 Å². The summed E-state index contributed by atoms with van der Waals surface area (Å²) in [6.45, 7) is 7.82. The maximum absolute atomic E-state index is 16.1. The molecule has 17 heteroatoms. The number of aryl methyl sites for hydroxylation is 2. The molecule has 6 aliphatic rings. The molecular weight excluding hydrogens is 835 g/mol. The van der Waals surface area contributed by atoms with Crippen LogP contribution >= 0.6 is 0 Å². The van der Waals surface area contributed by atoms with Gasteiger partial charge in [0.15, 0.2) is 0 Å². The van der Waals surface area contributed by atoms with Crippen molar-refractivity contribution in [3.63, 3.8) is 0 Å². The summed E-state index contributed by atoms with van der Waals surface area (Å²) in [5.74, 6) is -4.00. The van der Waals surface area contributed by atoms with E-state index in [1.54, 1.807) is 46.7 Å². The second-order valence-electron chi connectivity index (χ2n) is 18.0. The molecular formula is C48H56F2N10O5. The Hall–Kier alpha value is -6.23. The Morgan fingerprint density at radius 2 is 1.69 bits per heavy atom. The fourth-order valence-corrected chi connectivity index (χ4v) is 10.0. The molecule has 3 fully saturated rings. The number of halogens is 2. The van der Waals surface area contributed by atoms with Crippen LogP contribution in [-0.4, -0.2) is 111 Å². The summed E-state index contributed by atoms with van der Waals surface area (Å²) in [6, 6.07) is 12.6. The molecule has 342 valence electrons. The number of carbonyl (C=O) groups is 4. The molecule has 8 bridgehead atoms. The zero-order valence-electron chi connectivity index (χ0n) is 37.0. The van der Waals surface area contributed by atoms with Crippen molar-refractivity contribution in [1.29, 1.82) is 0 Å². The summed E-state index contributed by atoms with van der Waals surface area (Å²) in [5.41, 5.74) is 3.28. The van der Waals surface area contributed by atoms with Crippen molar-refractivity contribution in [1.82, 2.24) is 34.6 Å². The summed E-state index contributed by atoms with van der Waals surface area (Å²) in [7, 11) is 0. The highest BCUT2D eigenvalue weighted by Gasteiger charge is 2.43. The van der Waals surface area contributed by atoms with E-state index in [2.05, 4.69) is 33.0 Å². The fourth-order valence-electron chi connectivity index (χ4n) is 10.0. The number of amides is 4. The molecule has 3 saturated heterocycles. The predicted octanol–water partition coefficient (Wildman–Crippen LogP) is 5.34. The van der Waals surface area contributed by atoms with Crippen LogP contribution < -0.4 is 26.4 Å². The van der Waals surface area contributed by atoms with Crippen LogP contribution in [0.1, 0.15) is 90.8 Å². The Balaban J connectivity index is 0.932. The number of piperazine rings is 1. The second kappa shape index (κ2) is 18.3. The van der Waals surface area contributed by atoms with Crippen LogP contribution in [0, 0.1) is 12.8 Å². The van der Waals surface area contributed by atoms with E-state index in [9.17, 15) is 24.0 Å². The standard InChI is InChI=1S/C48H56F2N10O5/c1-30-32-10-8-11-34(26-32)48(49,50)33-16-20-56(21-17-33)18-6-4-3-5-7-19-59-44-36(43(52-30)53-31(2)54-44)27-40(47(59)65)57-22-24-58(25-23-57)42(62)28-51-38-13-9-12-35-37(38)29-60(46(35)64)39-14-15-41(61)55-45(39)63/h4,6,8-13,26-27,30,33,39,51H,3,5,7,14-25,28-29H2,1-2H3,(H,52,53,54)(H,55,61,63)/b6-4-/t30-,39?/m1/s1. The Morgan fingerprint density at radius 1 is 0.908 bits per heavy atom. The molecule has 0 radical (unpaired) electrons. The lowest BCUT2D eigenvalue weighted by Crippen LogP contribution is -2.52. The topological polar surface area (TPSA) is 165 Å². The zero-order valence-corrected chi connectivity index (χ0v) is 37.0. The van der Waals surface area contributed by atoms with Gasteiger partial charge in [0.2, 0.25) is 17.7 Å². The van der Waals surface area contributed by atoms with Gasteiger partial charge >= 0.3 is 0 Å². The number of alkyl halides is 2. The number of benzene rings is 2. The Labute approximate surface area is 376 Å². The number of hydrogen-bond donors (Lipinski definition) is 3. The minimum Gasteiger partial charge on any atom is -0.376 e. The number of hydrogen-bond acceptors (Lipinski definition) is 11. The Kier molecular flexibility index (Phi) is 12.4. The lowest BCUT2D eigenvalue weighted by Gasteiger charge is -2.36. The van der Waals surface area contributed by atoms with Crippen molar-refractivity contribution < 1.29 is 28.0 Å². The first kappa shape index (κ1) is 44.0. The highest BCUT2D eigenvalue weighted by atomic mass is 19.3. The molecule has 4 aromatic rings. The number of carbonyl (C=O) groups excluding carboxylic acids is 4. The zero-order chi connectivity index (χ0) is 45.4. The molecule has 0 aliphatic carbocycles. The molecule has 15 nitrogen and oxygen atoms in total. The van der Waals surface area contributed by atoms with Crippen LogP contribution in [-0.2, 0) is 33.4 Å². The number of anilines is 3. The van der Waals surface area contributed by atoms with E-state index < -0.39 is 29.8 Å². The number of rotatable bonds is 5. The summed E-state index contributed by atoms with van der Waals surface area (Å²) >= 11 is 0. The number of allylic oxidation sites excluding steroid dienone is 1. The lowest BCUT2D eigenvalue weighted by molar-refractivity contribution is -0.137. The highest BCUT2D eigenvalue weighted by Crippen LogP contribution is 2.42. The van der Waals surface area contributed by atoms with E-state index in [0.29, 0.717) is 109 Å². The molecule has 0 saturated carbocycles. The lowest BCUT2D eigenvalue weighted by atomic mass is 9.85. The molecule has 2 aromatic carbocycles. The van der Waals surface area contributed by atoms with Crippen molar-refractivity contribution in [2.45, 2.75) is 89.9 Å². The summed E-state index contributed by atoms with van der Waals surface area (Å²) in [5, 5.41) is 9.70. The van der Waals surface area contributed by atoms with E-state index in [-0.39, 0.29) is 54.8 Å². The minimum atomic E-state index is -2.97. The number of fused-ring (bicyclic) bond motifs is 9. The maximum atomic E-state index is 16.1. The van der Waals surface area contributed by atoms with Gasteiger partial charge in [0.25, 0.3) is 17.4 Å². The van der Waals surface area contributed by atoms with Gasteiger partial charge in [-0.25, -0.2) is 18.7 Å². The Morgan fingerprint density at radius 3 is 2.48 bits per heavy atom. The average molecular weight is 891 g/mol. The van der Waals surface area contributed by atoms with E-state index in [4.69, 9.17) is 9.97 Å². The highest BCUT2D eigenvalue weighted by molar-refractivity contribution is 6.06.